The van der Waals surface area contributed by atoms with E-state index in [2.05, 4.69) is 32.2 Å². The summed E-state index contributed by atoms with van der Waals surface area (Å²) in [5.74, 6) is -2.06. The molecule has 33 heavy (non-hydrogen) atoms. The number of fused-ring (bicyclic) bond motifs is 1. The van der Waals surface area contributed by atoms with Gasteiger partial charge in [-0.05, 0) is 18.2 Å². The molecule has 0 aliphatic carbocycles. The van der Waals surface area contributed by atoms with Crippen molar-refractivity contribution in [2.45, 2.75) is 6.54 Å². The highest BCUT2D eigenvalue weighted by atomic mass is 19.1. The number of hydrogen-bond acceptors (Lipinski definition) is 7. The molecule has 0 radical (unpaired) electrons. The Morgan fingerprint density at radius 2 is 1.91 bits per heavy atom. The van der Waals surface area contributed by atoms with Gasteiger partial charge in [-0.1, -0.05) is 23.9 Å². The van der Waals surface area contributed by atoms with Gasteiger partial charge in [0.05, 0.1) is 32.5 Å². The Morgan fingerprint density at radius 3 is 2.58 bits per heavy atom. The number of carbonyl (C=O) groups excluding carboxylic acids is 1. The van der Waals surface area contributed by atoms with Gasteiger partial charge in [-0.3, -0.25) is 4.79 Å². The van der Waals surface area contributed by atoms with Crippen LogP contribution in [0, 0.1) is 11.6 Å². The van der Waals surface area contributed by atoms with E-state index >= 15 is 0 Å². The zero-order valence-electron chi connectivity index (χ0n) is 17.7. The Morgan fingerprint density at radius 1 is 1.18 bits per heavy atom. The Bertz CT molecular complexity index is 1340. The van der Waals surface area contributed by atoms with E-state index in [9.17, 15) is 13.6 Å². The first-order valence-corrected chi connectivity index (χ1v) is 9.64. The molecule has 0 fully saturated rings. The lowest BCUT2D eigenvalue weighted by Crippen LogP contribution is -2.09. The third kappa shape index (κ3) is 4.20. The number of halogens is 2. The van der Waals surface area contributed by atoms with Crippen molar-refractivity contribution in [3.8, 4) is 22.9 Å². The molecular formula is C22H18F2N6O3. The van der Waals surface area contributed by atoms with E-state index in [0.717, 1.165) is 12.1 Å². The average molecular weight is 452 g/mol. The number of aromatic nitrogens is 5. The fourth-order valence-corrected chi connectivity index (χ4v) is 3.18. The normalized spacial score (nSPS) is 10.8. The number of amides is 1. The van der Waals surface area contributed by atoms with E-state index < -0.39 is 11.6 Å². The molecule has 1 N–H and O–H groups in total. The quantitative estimate of drug-likeness (QED) is 0.429. The van der Waals surface area contributed by atoms with E-state index in [4.69, 9.17) is 9.47 Å². The second-order valence-electron chi connectivity index (χ2n) is 6.81. The lowest BCUT2D eigenvalue weighted by molar-refractivity contribution is -0.111. The van der Waals surface area contributed by atoms with Gasteiger partial charge in [0.15, 0.2) is 29.0 Å². The standard InChI is InChI=1S/C22H18F2N6O3/c1-4-18(31)26-13-7-5-6-12(8-13)21-25-10-15-22(27-21)28-29-30(15)11-14-19(23)16(32-2)9-17(33-3)20(14)24/h4-10H,1,11H2,2-3H3,(H,26,31). The van der Waals surface area contributed by atoms with Crippen molar-refractivity contribution in [1.29, 1.82) is 0 Å². The maximum atomic E-state index is 14.7. The third-order valence-electron chi connectivity index (χ3n) is 4.82. The summed E-state index contributed by atoms with van der Waals surface area (Å²) in [4.78, 5) is 20.2. The first-order chi connectivity index (χ1) is 15.9. The number of carbonyl (C=O) groups is 1. The first-order valence-electron chi connectivity index (χ1n) is 9.64. The number of nitrogens with zero attached hydrogens (tertiary/aromatic N) is 5. The Labute approximate surface area is 186 Å². The Kier molecular flexibility index (Phi) is 5.94. The van der Waals surface area contributed by atoms with Crippen molar-refractivity contribution >= 4 is 22.8 Å². The lowest BCUT2D eigenvalue weighted by Gasteiger charge is -2.12. The average Bonchev–Trinajstić information content (AvgIpc) is 3.24. The molecule has 4 rings (SSSR count). The minimum Gasteiger partial charge on any atom is -0.494 e. The number of methoxy groups -OCH3 is 2. The monoisotopic (exact) mass is 452 g/mol. The van der Waals surface area contributed by atoms with E-state index in [0.29, 0.717) is 22.6 Å². The third-order valence-corrected chi connectivity index (χ3v) is 4.82. The SMILES string of the molecule is C=CC(=O)Nc1cccc(-c2ncc3c(nnn3Cc3c(F)c(OC)cc(OC)c3F)n2)c1. The molecule has 4 aromatic rings. The lowest BCUT2D eigenvalue weighted by atomic mass is 10.1. The molecule has 0 saturated heterocycles. The van der Waals surface area contributed by atoms with Gasteiger partial charge >= 0.3 is 0 Å². The molecular weight excluding hydrogens is 434 g/mol. The summed E-state index contributed by atoms with van der Waals surface area (Å²) in [6.45, 7) is 3.13. The smallest absolute Gasteiger partial charge is 0.247 e. The summed E-state index contributed by atoms with van der Waals surface area (Å²) >= 11 is 0. The number of rotatable bonds is 7. The van der Waals surface area contributed by atoms with Gasteiger partial charge in [-0.2, -0.15) is 0 Å². The number of hydrogen-bond donors (Lipinski definition) is 1. The summed E-state index contributed by atoms with van der Waals surface area (Å²) < 4.78 is 40.7. The van der Waals surface area contributed by atoms with Crippen molar-refractivity contribution in [2.24, 2.45) is 0 Å². The van der Waals surface area contributed by atoms with E-state index in [1.165, 1.54) is 25.1 Å². The molecule has 2 aromatic carbocycles. The summed E-state index contributed by atoms with van der Waals surface area (Å²) in [5, 5.41) is 10.6. The van der Waals surface area contributed by atoms with E-state index in [-0.39, 0.29) is 35.2 Å². The molecule has 2 heterocycles. The van der Waals surface area contributed by atoms with Crippen molar-refractivity contribution in [1.82, 2.24) is 25.0 Å². The summed E-state index contributed by atoms with van der Waals surface area (Å²) in [6, 6.07) is 8.04. The van der Waals surface area contributed by atoms with Crippen molar-refractivity contribution < 1.29 is 23.0 Å². The van der Waals surface area contributed by atoms with Crippen molar-refractivity contribution in [3.05, 3.63) is 66.4 Å². The van der Waals surface area contributed by atoms with Crippen LogP contribution in [0.25, 0.3) is 22.6 Å². The molecule has 0 atom stereocenters. The molecule has 0 aliphatic rings. The molecule has 11 heteroatoms. The molecule has 0 aliphatic heterocycles. The van der Waals surface area contributed by atoms with Crippen LogP contribution >= 0.6 is 0 Å². The molecule has 2 aromatic heterocycles. The number of anilines is 1. The summed E-state index contributed by atoms with van der Waals surface area (Å²) in [6.07, 6.45) is 2.62. The predicted octanol–water partition coefficient (Wildman–Crippen LogP) is 3.36. The Balaban J connectivity index is 1.69. The van der Waals surface area contributed by atoms with Crippen molar-refractivity contribution in [2.75, 3.05) is 19.5 Å². The maximum absolute atomic E-state index is 14.7. The van der Waals surface area contributed by atoms with Crippen LogP contribution in [0.3, 0.4) is 0 Å². The van der Waals surface area contributed by atoms with Crippen LogP contribution in [0.1, 0.15) is 5.56 Å². The van der Waals surface area contributed by atoms with Crippen LogP contribution in [0.5, 0.6) is 11.5 Å². The zero-order valence-corrected chi connectivity index (χ0v) is 17.7. The van der Waals surface area contributed by atoms with Crippen LogP contribution in [0.15, 0.2) is 49.2 Å². The van der Waals surface area contributed by atoms with Crippen LogP contribution in [0.2, 0.25) is 0 Å². The second kappa shape index (κ2) is 8.99. The second-order valence-corrected chi connectivity index (χ2v) is 6.81. The molecule has 1 amide bonds. The number of nitrogens with one attached hydrogen (secondary N) is 1. The number of benzene rings is 2. The van der Waals surface area contributed by atoms with Gasteiger partial charge in [-0.15, -0.1) is 5.10 Å². The number of ether oxygens (including phenoxy) is 2. The fraction of sp³-hybridized carbons (Fsp3) is 0.136. The predicted molar refractivity (Wildman–Crippen MR) is 116 cm³/mol. The van der Waals surface area contributed by atoms with Crippen molar-refractivity contribution in [3.63, 3.8) is 0 Å². The Hall–Kier alpha value is -4.41. The van der Waals surface area contributed by atoms with E-state index in [1.807, 2.05) is 0 Å². The first kappa shape index (κ1) is 21.8. The van der Waals surface area contributed by atoms with Gasteiger partial charge in [0, 0.05) is 17.3 Å². The molecule has 168 valence electrons. The summed E-state index contributed by atoms with van der Waals surface area (Å²) in [5.41, 5.74) is 1.48. The summed E-state index contributed by atoms with van der Waals surface area (Å²) in [7, 11) is 2.55. The van der Waals surface area contributed by atoms with E-state index in [1.54, 1.807) is 24.3 Å². The zero-order chi connectivity index (χ0) is 23.5. The maximum Gasteiger partial charge on any atom is 0.247 e. The molecule has 0 bridgehead atoms. The van der Waals surface area contributed by atoms with Gasteiger partial charge < -0.3 is 14.8 Å². The molecule has 0 spiro atoms. The molecule has 0 unspecified atom stereocenters. The topological polar surface area (TPSA) is 104 Å². The minimum absolute atomic E-state index is 0.158. The van der Waals surface area contributed by atoms with Gasteiger partial charge in [0.2, 0.25) is 11.6 Å². The van der Waals surface area contributed by atoms with Crippen LogP contribution in [-0.4, -0.2) is 45.1 Å². The highest BCUT2D eigenvalue weighted by molar-refractivity contribution is 5.99. The molecule has 0 saturated carbocycles. The highest BCUT2D eigenvalue weighted by Crippen LogP contribution is 2.32. The highest BCUT2D eigenvalue weighted by Gasteiger charge is 2.22. The molecule has 9 nitrogen and oxygen atoms in total. The van der Waals surface area contributed by atoms with Gasteiger partial charge in [-0.25, -0.2) is 23.4 Å². The van der Waals surface area contributed by atoms with Gasteiger partial charge in [0.25, 0.3) is 0 Å². The van der Waals surface area contributed by atoms with Crippen LogP contribution in [0.4, 0.5) is 14.5 Å². The van der Waals surface area contributed by atoms with Gasteiger partial charge in [0.1, 0.15) is 5.52 Å². The fourth-order valence-electron chi connectivity index (χ4n) is 3.18. The van der Waals surface area contributed by atoms with Crippen LogP contribution in [-0.2, 0) is 11.3 Å². The minimum atomic E-state index is -0.865. The largest absolute Gasteiger partial charge is 0.494 e. The van der Waals surface area contributed by atoms with Crippen LogP contribution < -0.4 is 14.8 Å².